The van der Waals surface area contributed by atoms with Crippen LogP contribution in [-0.4, -0.2) is 10.2 Å². The summed E-state index contributed by atoms with van der Waals surface area (Å²) in [6, 6.07) is 1.78. The SMILES string of the molecule is C=CC(NN)c1ccnnc1. The largest absolute Gasteiger partial charge is 0.271 e. The van der Waals surface area contributed by atoms with Crippen molar-refractivity contribution >= 4 is 0 Å². The quantitative estimate of drug-likeness (QED) is 0.366. The van der Waals surface area contributed by atoms with Crippen LogP contribution in [0.4, 0.5) is 0 Å². The predicted octanol–water partition coefficient (Wildman–Crippen LogP) is 0.167. The molecule has 0 spiro atoms. The summed E-state index contributed by atoms with van der Waals surface area (Å²) < 4.78 is 0. The van der Waals surface area contributed by atoms with E-state index in [4.69, 9.17) is 5.84 Å². The van der Waals surface area contributed by atoms with Gasteiger partial charge >= 0.3 is 0 Å². The first-order valence-electron chi connectivity index (χ1n) is 3.23. The molecule has 0 amide bonds. The second kappa shape index (κ2) is 3.80. The second-order valence-electron chi connectivity index (χ2n) is 2.06. The molecule has 0 aromatic carbocycles. The van der Waals surface area contributed by atoms with Gasteiger partial charge in [-0.2, -0.15) is 10.2 Å². The van der Waals surface area contributed by atoms with Crippen molar-refractivity contribution in [3.05, 3.63) is 36.7 Å². The standard InChI is InChI=1S/C7H10N4/c1-2-7(11-8)6-3-4-9-10-5-6/h2-5,7,11H,1,8H2. The van der Waals surface area contributed by atoms with Crippen LogP contribution in [0.15, 0.2) is 31.1 Å². The summed E-state index contributed by atoms with van der Waals surface area (Å²) in [6.45, 7) is 3.62. The van der Waals surface area contributed by atoms with E-state index in [1.807, 2.05) is 6.07 Å². The van der Waals surface area contributed by atoms with E-state index in [1.165, 1.54) is 0 Å². The number of hydrazine groups is 1. The molecule has 0 saturated carbocycles. The van der Waals surface area contributed by atoms with Gasteiger partial charge in [0.05, 0.1) is 12.2 Å². The van der Waals surface area contributed by atoms with E-state index in [9.17, 15) is 0 Å². The number of hydrogen-bond acceptors (Lipinski definition) is 4. The van der Waals surface area contributed by atoms with Crippen molar-refractivity contribution in [2.75, 3.05) is 0 Å². The van der Waals surface area contributed by atoms with Crippen molar-refractivity contribution in [2.24, 2.45) is 5.84 Å². The predicted molar refractivity (Wildman–Crippen MR) is 42.3 cm³/mol. The average Bonchev–Trinajstić information content (AvgIpc) is 2.09. The second-order valence-corrected chi connectivity index (χ2v) is 2.06. The molecule has 0 aliphatic heterocycles. The van der Waals surface area contributed by atoms with Gasteiger partial charge in [-0.3, -0.25) is 5.84 Å². The van der Waals surface area contributed by atoms with Crippen LogP contribution in [0.1, 0.15) is 11.6 Å². The lowest BCUT2D eigenvalue weighted by atomic mass is 10.1. The van der Waals surface area contributed by atoms with Gasteiger partial charge in [0.25, 0.3) is 0 Å². The van der Waals surface area contributed by atoms with Gasteiger partial charge in [-0.15, -0.1) is 6.58 Å². The molecule has 1 rings (SSSR count). The summed E-state index contributed by atoms with van der Waals surface area (Å²) in [5, 5.41) is 7.35. The van der Waals surface area contributed by atoms with Crippen LogP contribution < -0.4 is 11.3 Å². The van der Waals surface area contributed by atoms with Crippen LogP contribution in [0.2, 0.25) is 0 Å². The zero-order valence-corrected chi connectivity index (χ0v) is 6.07. The third kappa shape index (κ3) is 1.83. The van der Waals surface area contributed by atoms with E-state index < -0.39 is 0 Å². The fourth-order valence-corrected chi connectivity index (χ4v) is 0.785. The number of hydrogen-bond donors (Lipinski definition) is 2. The minimum atomic E-state index is -0.0505. The molecule has 1 unspecified atom stereocenters. The van der Waals surface area contributed by atoms with Gasteiger partial charge in [-0.25, -0.2) is 5.43 Å². The molecule has 1 atom stereocenters. The maximum Gasteiger partial charge on any atom is 0.0654 e. The van der Waals surface area contributed by atoms with Crippen molar-refractivity contribution < 1.29 is 0 Å². The molecule has 0 aliphatic carbocycles. The van der Waals surface area contributed by atoms with E-state index in [1.54, 1.807) is 18.5 Å². The Kier molecular flexibility index (Phi) is 2.71. The van der Waals surface area contributed by atoms with Crippen molar-refractivity contribution in [3.8, 4) is 0 Å². The summed E-state index contributed by atoms with van der Waals surface area (Å²) in [7, 11) is 0. The van der Waals surface area contributed by atoms with Gasteiger partial charge in [0, 0.05) is 6.20 Å². The lowest BCUT2D eigenvalue weighted by molar-refractivity contribution is 0.651. The summed E-state index contributed by atoms with van der Waals surface area (Å²) in [6.07, 6.45) is 4.96. The lowest BCUT2D eigenvalue weighted by Crippen LogP contribution is -2.26. The Morgan fingerprint density at radius 2 is 2.45 bits per heavy atom. The molecule has 1 heterocycles. The van der Waals surface area contributed by atoms with Crippen molar-refractivity contribution in [3.63, 3.8) is 0 Å². The van der Waals surface area contributed by atoms with Crippen molar-refractivity contribution in [1.82, 2.24) is 15.6 Å². The summed E-state index contributed by atoms with van der Waals surface area (Å²) >= 11 is 0. The zero-order chi connectivity index (χ0) is 8.10. The minimum absolute atomic E-state index is 0.0505. The monoisotopic (exact) mass is 150 g/mol. The number of nitrogens with two attached hydrogens (primary N) is 1. The first-order valence-corrected chi connectivity index (χ1v) is 3.23. The van der Waals surface area contributed by atoms with E-state index in [0.29, 0.717) is 0 Å². The van der Waals surface area contributed by atoms with Crippen LogP contribution >= 0.6 is 0 Å². The van der Waals surface area contributed by atoms with Gasteiger partial charge in [0.2, 0.25) is 0 Å². The van der Waals surface area contributed by atoms with Crippen LogP contribution in [0, 0.1) is 0 Å². The maximum atomic E-state index is 5.25. The Morgan fingerprint density at radius 3 is 2.91 bits per heavy atom. The Hall–Kier alpha value is -1.26. The van der Waals surface area contributed by atoms with Crippen molar-refractivity contribution in [2.45, 2.75) is 6.04 Å². The molecule has 4 heteroatoms. The number of aromatic nitrogens is 2. The molecule has 0 aliphatic rings. The van der Waals surface area contributed by atoms with Gasteiger partial charge in [-0.05, 0) is 11.6 Å². The van der Waals surface area contributed by atoms with Crippen LogP contribution in [0.25, 0.3) is 0 Å². The van der Waals surface area contributed by atoms with Gasteiger partial charge in [0.15, 0.2) is 0 Å². The molecule has 58 valence electrons. The van der Waals surface area contributed by atoms with Crippen LogP contribution in [0.3, 0.4) is 0 Å². The minimum Gasteiger partial charge on any atom is -0.271 e. The van der Waals surface area contributed by atoms with Crippen molar-refractivity contribution in [1.29, 1.82) is 0 Å². The summed E-state index contributed by atoms with van der Waals surface area (Å²) in [5.41, 5.74) is 3.54. The molecule has 0 bridgehead atoms. The zero-order valence-electron chi connectivity index (χ0n) is 6.07. The Bertz CT molecular complexity index is 221. The van der Waals surface area contributed by atoms with E-state index in [2.05, 4.69) is 22.2 Å². The molecule has 0 fully saturated rings. The highest BCUT2D eigenvalue weighted by Crippen LogP contribution is 2.08. The summed E-state index contributed by atoms with van der Waals surface area (Å²) in [5.74, 6) is 5.25. The molecular formula is C7H10N4. The Labute approximate surface area is 65.1 Å². The number of rotatable bonds is 3. The summed E-state index contributed by atoms with van der Waals surface area (Å²) in [4.78, 5) is 0. The van der Waals surface area contributed by atoms with Gasteiger partial charge in [0.1, 0.15) is 0 Å². The van der Waals surface area contributed by atoms with Crippen LogP contribution in [0.5, 0.6) is 0 Å². The fourth-order valence-electron chi connectivity index (χ4n) is 0.785. The first-order chi connectivity index (χ1) is 5.38. The average molecular weight is 150 g/mol. The molecule has 11 heavy (non-hydrogen) atoms. The number of nitrogens with zero attached hydrogens (tertiary/aromatic N) is 2. The topological polar surface area (TPSA) is 63.8 Å². The Morgan fingerprint density at radius 1 is 1.64 bits per heavy atom. The normalized spacial score (nSPS) is 12.5. The number of nitrogens with one attached hydrogen (secondary N) is 1. The maximum absolute atomic E-state index is 5.25. The highest BCUT2D eigenvalue weighted by Gasteiger charge is 2.02. The highest BCUT2D eigenvalue weighted by atomic mass is 15.2. The highest BCUT2D eigenvalue weighted by molar-refractivity contribution is 5.15. The smallest absolute Gasteiger partial charge is 0.0654 e. The van der Waals surface area contributed by atoms with E-state index in [0.717, 1.165) is 5.56 Å². The lowest BCUT2D eigenvalue weighted by Gasteiger charge is -2.08. The third-order valence-corrected chi connectivity index (χ3v) is 1.38. The van der Waals surface area contributed by atoms with E-state index in [-0.39, 0.29) is 6.04 Å². The first kappa shape index (κ1) is 7.84. The molecule has 3 N–H and O–H groups in total. The molecule has 4 nitrogen and oxygen atoms in total. The van der Waals surface area contributed by atoms with Crippen LogP contribution in [-0.2, 0) is 0 Å². The molecule has 0 radical (unpaired) electrons. The molecule has 1 aromatic rings. The Balaban J connectivity index is 2.82. The van der Waals surface area contributed by atoms with Gasteiger partial charge in [-0.1, -0.05) is 6.08 Å². The molecule has 1 aromatic heterocycles. The molecule has 0 saturated heterocycles. The third-order valence-electron chi connectivity index (χ3n) is 1.38. The van der Waals surface area contributed by atoms with Gasteiger partial charge < -0.3 is 0 Å². The van der Waals surface area contributed by atoms with E-state index >= 15 is 0 Å². The molecular weight excluding hydrogens is 140 g/mol. The fraction of sp³-hybridized carbons (Fsp3) is 0.143.